The smallest absolute Gasteiger partial charge is 0.00260 e. The van der Waals surface area contributed by atoms with Crippen molar-refractivity contribution in [2.45, 2.75) is 26.7 Å². The Morgan fingerprint density at radius 1 is 1.60 bits per heavy atom. The molecule has 0 aliphatic rings. The van der Waals surface area contributed by atoms with E-state index in [1.54, 1.807) is 0 Å². The number of nitrogens with one attached hydrogen (secondary N) is 1. The molecule has 1 unspecified atom stereocenters. The minimum Gasteiger partial charge on any atom is -0.319 e. The van der Waals surface area contributed by atoms with Gasteiger partial charge in [-0.2, -0.15) is 0 Å². The van der Waals surface area contributed by atoms with Crippen molar-refractivity contribution in [2.75, 3.05) is 13.6 Å². The van der Waals surface area contributed by atoms with Crippen LogP contribution in [0.4, 0.5) is 0 Å². The molecule has 0 bridgehead atoms. The molecule has 0 aromatic rings. The molecule has 0 aliphatic carbocycles. The number of allylic oxidation sites excluding steroid dienone is 1. The largest absolute Gasteiger partial charge is 0.319 e. The van der Waals surface area contributed by atoms with E-state index in [1.165, 1.54) is 18.4 Å². The first kappa shape index (κ1) is 9.70. The van der Waals surface area contributed by atoms with Crippen LogP contribution in [0.15, 0.2) is 12.2 Å². The molecule has 0 rings (SSSR count). The third-order valence-corrected chi connectivity index (χ3v) is 1.62. The van der Waals surface area contributed by atoms with Gasteiger partial charge in [-0.3, -0.25) is 0 Å². The summed E-state index contributed by atoms with van der Waals surface area (Å²) < 4.78 is 0. The highest BCUT2D eigenvalue weighted by Crippen LogP contribution is 2.08. The Labute approximate surface area is 64.5 Å². The minimum atomic E-state index is 0.779. The Bertz CT molecular complexity index is 96.9. The fraction of sp³-hybridized carbons (Fsp3) is 0.778. The van der Waals surface area contributed by atoms with Crippen molar-refractivity contribution in [2.24, 2.45) is 5.92 Å². The van der Waals surface area contributed by atoms with Crippen molar-refractivity contribution in [3.63, 3.8) is 0 Å². The summed E-state index contributed by atoms with van der Waals surface area (Å²) in [6, 6.07) is 0. The van der Waals surface area contributed by atoms with Gasteiger partial charge in [0.05, 0.1) is 0 Å². The van der Waals surface area contributed by atoms with E-state index in [2.05, 4.69) is 25.7 Å². The average molecular weight is 141 g/mol. The Hall–Kier alpha value is -0.300. The van der Waals surface area contributed by atoms with Crippen molar-refractivity contribution in [1.29, 1.82) is 0 Å². The Morgan fingerprint density at radius 3 is 2.60 bits per heavy atom. The van der Waals surface area contributed by atoms with Gasteiger partial charge in [-0.25, -0.2) is 0 Å². The number of hydrogen-bond acceptors (Lipinski definition) is 1. The van der Waals surface area contributed by atoms with E-state index >= 15 is 0 Å². The molecule has 1 atom stereocenters. The van der Waals surface area contributed by atoms with Crippen molar-refractivity contribution >= 4 is 0 Å². The van der Waals surface area contributed by atoms with Crippen molar-refractivity contribution in [1.82, 2.24) is 5.32 Å². The van der Waals surface area contributed by atoms with Crippen LogP contribution in [0.3, 0.4) is 0 Å². The van der Waals surface area contributed by atoms with E-state index in [9.17, 15) is 0 Å². The molecule has 1 heteroatoms. The van der Waals surface area contributed by atoms with Crippen molar-refractivity contribution in [3.05, 3.63) is 12.2 Å². The summed E-state index contributed by atoms with van der Waals surface area (Å²) in [5.74, 6) is 0.779. The summed E-state index contributed by atoms with van der Waals surface area (Å²) in [7, 11) is 2.00. The zero-order valence-electron chi connectivity index (χ0n) is 7.41. The van der Waals surface area contributed by atoms with Gasteiger partial charge in [0.2, 0.25) is 0 Å². The van der Waals surface area contributed by atoms with E-state index in [4.69, 9.17) is 0 Å². The summed E-state index contributed by atoms with van der Waals surface area (Å²) in [5.41, 5.74) is 1.29. The van der Waals surface area contributed by atoms with Gasteiger partial charge in [0.1, 0.15) is 0 Å². The third kappa shape index (κ3) is 5.83. The maximum atomic E-state index is 3.87. The summed E-state index contributed by atoms with van der Waals surface area (Å²) in [6.45, 7) is 9.34. The summed E-state index contributed by atoms with van der Waals surface area (Å²) >= 11 is 0. The molecule has 60 valence electrons. The molecule has 0 aromatic heterocycles. The molecule has 10 heavy (non-hydrogen) atoms. The lowest BCUT2D eigenvalue weighted by atomic mass is 10.0. The highest BCUT2D eigenvalue weighted by atomic mass is 14.8. The standard InChI is InChI=1S/C9H19N/c1-8(2)5-6-9(3)7-10-4/h9-10H,1,5-7H2,2-4H3. The van der Waals surface area contributed by atoms with Gasteiger partial charge >= 0.3 is 0 Å². The summed E-state index contributed by atoms with van der Waals surface area (Å²) in [4.78, 5) is 0. The quantitative estimate of drug-likeness (QED) is 0.579. The third-order valence-electron chi connectivity index (χ3n) is 1.62. The molecule has 1 nitrogen and oxygen atoms in total. The van der Waals surface area contributed by atoms with Crippen molar-refractivity contribution < 1.29 is 0 Å². The van der Waals surface area contributed by atoms with Crippen LogP contribution in [-0.4, -0.2) is 13.6 Å². The van der Waals surface area contributed by atoms with Gasteiger partial charge in [-0.1, -0.05) is 12.5 Å². The van der Waals surface area contributed by atoms with Gasteiger partial charge < -0.3 is 5.32 Å². The molecular formula is C9H19N. The average Bonchev–Trinajstić information content (AvgIpc) is 1.85. The second kappa shape index (κ2) is 5.48. The highest BCUT2D eigenvalue weighted by Gasteiger charge is 1.98. The summed E-state index contributed by atoms with van der Waals surface area (Å²) in [6.07, 6.45) is 2.43. The van der Waals surface area contributed by atoms with Gasteiger partial charge in [0.15, 0.2) is 0 Å². The molecule has 0 aliphatic heterocycles. The minimum absolute atomic E-state index is 0.779. The topological polar surface area (TPSA) is 12.0 Å². The first-order chi connectivity index (χ1) is 4.66. The molecule has 0 heterocycles. The second-order valence-corrected chi connectivity index (χ2v) is 3.16. The fourth-order valence-electron chi connectivity index (χ4n) is 0.943. The highest BCUT2D eigenvalue weighted by molar-refractivity contribution is 4.87. The first-order valence-corrected chi connectivity index (χ1v) is 3.95. The zero-order chi connectivity index (χ0) is 7.98. The van der Waals surface area contributed by atoms with Crippen LogP contribution < -0.4 is 5.32 Å². The molecule has 0 fully saturated rings. The maximum absolute atomic E-state index is 3.87. The molecule has 0 saturated heterocycles. The second-order valence-electron chi connectivity index (χ2n) is 3.16. The van der Waals surface area contributed by atoms with E-state index in [0.29, 0.717) is 0 Å². The van der Waals surface area contributed by atoms with Gasteiger partial charge in [-0.15, -0.1) is 6.58 Å². The SMILES string of the molecule is C=C(C)CCC(C)CNC. The lowest BCUT2D eigenvalue weighted by molar-refractivity contribution is 0.504. The normalized spacial score (nSPS) is 13.1. The van der Waals surface area contributed by atoms with Crippen LogP contribution in [0.5, 0.6) is 0 Å². The lowest BCUT2D eigenvalue weighted by Gasteiger charge is -2.09. The molecule has 0 aromatic carbocycles. The van der Waals surface area contributed by atoms with Crippen LogP contribution in [0.1, 0.15) is 26.7 Å². The van der Waals surface area contributed by atoms with E-state index in [0.717, 1.165) is 12.5 Å². The molecular weight excluding hydrogens is 122 g/mol. The van der Waals surface area contributed by atoms with E-state index < -0.39 is 0 Å². The van der Waals surface area contributed by atoms with Crippen LogP contribution >= 0.6 is 0 Å². The summed E-state index contributed by atoms with van der Waals surface area (Å²) in [5, 5.41) is 3.16. The first-order valence-electron chi connectivity index (χ1n) is 3.95. The Kier molecular flexibility index (Phi) is 5.32. The Morgan fingerprint density at radius 2 is 2.20 bits per heavy atom. The molecule has 0 amide bonds. The molecule has 0 radical (unpaired) electrons. The molecule has 0 spiro atoms. The zero-order valence-corrected chi connectivity index (χ0v) is 7.41. The van der Waals surface area contributed by atoms with Crippen LogP contribution in [0.25, 0.3) is 0 Å². The van der Waals surface area contributed by atoms with E-state index in [1.807, 2.05) is 7.05 Å². The van der Waals surface area contributed by atoms with Gasteiger partial charge in [0.25, 0.3) is 0 Å². The predicted octanol–water partition coefficient (Wildman–Crippen LogP) is 2.20. The lowest BCUT2D eigenvalue weighted by Crippen LogP contribution is -2.15. The van der Waals surface area contributed by atoms with Crippen LogP contribution in [-0.2, 0) is 0 Å². The van der Waals surface area contributed by atoms with Crippen LogP contribution in [0, 0.1) is 5.92 Å². The molecule has 1 N–H and O–H groups in total. The van der Waals surface area contributed by atoms with Crippen LogP contribution in [0.2, 0.25) is 0 Å². The predicted molar refractivity (Wildman–Crippen MR) is 47.1 cm³/mol. The van der Waals surface area contributed by atoms with Gasteiger partial charge in [-0.05, 0) is 39.3 Å². The monoisotopic (exact) mass is 141 g/mol. The molecule has 0 saturated carbocycles. The number of rotatable bonds is 5. The number of hydrogen-bond donors (Lipinski definition) is 1. The maximum Gasteiger partial charge on any atom is -0.00260 e. The van der Waals surface area contributed by atoms with Gasteiger partial charge in [0, 0.05) is 0 Å². The fourth-order valence-corrected chi connectivity index (χ4v) is 0.943. The van der Waals surface area contributed by atoms with E-state index in [-0.39, 0.29) is 0 Å². The Balaban J connectivity index is 3.21. The van der Waals surface area contributed by atoms with Crippen molar-refractivity contribution in [3.8, 4) is 0 Å².